The Labute approximate surface area is 143 Å². The van der Waals surface area contributed by atoms with Crippen LogP contribution in [0.1, 0.15) is 28.8 Å². The molecule has 2 aliphatic heterocycles. The Balaban J connectivity index is 1.73. The number of ether oxygens (including phenoxy) is 1. The number of methoxy groups -OCH3 is 1. The highest BCUT2D eigenvalue weighted by Gasteiger charge is 2.48. The number of benzene rings is 1. The van der Waals surface area contributed by atoms with Crippen LogP contribution in [0.25, 0.3) is 0 Å². The molecule has 2 amide bonds. The van der Waals surface area contributed by atoms with Gasteiger partial charge in [-0.15, -0.1) is 0 Å². The third kappa shape index (κ3) is 3.35. The molecule has 2 aliphatic rings. The number of halogens is 3. The van der Waals surface area contributed by atoms with Gasteiger partial charge in [-0.25, -0.2) is 0 Å². The Morgan fingerprint density at radius 1 is 1.24 bits per heavy atom. The molecule has 0 spiro atoms. The summed E-state index contributed by atoms with van der Waals surface area (Å²) in [5.41, 5.74) is -0.582. The first kappa shape index (κ1) is 17.7. The summed E-state index contributed by atoms with van der Waals surface area (Å²) in [7, 11) is 1.56. The average Bonchev–Trinajstić information content (AvgIpc) is 3.10. The quantitative estimate of drug-likeness (QED) is 0.831. The van der Waals surface area contributed by atoms with Crippen molar-refractivity contribution in [3.8, 4) is 0 Å². The van der Waals surface area contributed by atoms with Crippen LogP contribution < -0.4 is 0 Å². The first-order chi connectivity index (χ1) is 11.8. The maximum absolute atomic E-state index is 12.7. The zero-order valence-corrected chi connectivity index (χ0v) is 13.8. The molecule has 0 N–H and O–H groups in total. The molecular weight excluding hydrogens is 337 g/mol. The van der Waals surface area contributed by atoms with Gasteiger partial charge in [0.15, 0.2) is 0 Å². The van der Waals surface area contributed by atoms with Crippen LogP contribution in [-0.4, -0.2) is 60.5 Å². The summed E-state index contributed by atoms with van der Waals surface area (Å²) < 4.78 is 42.9. The zero-order chi connectivity index (χ0) is 18.2. The van der Waals surface area contributed by atoms with Gasteiger partial charge in [-0.05, 0) is 30.7 Å². The molecule has 0 saturated carbocycles. The van der Waals surface area contributed by atoms with Crippen molar-refractivity contribution >= 4 is 11.8 Å². The number of nitrogens with zero attached hydrogens (tertiary/aromatic N) is 2. The van der Waals surface area contributed by atoms with E-state index < -0.39 is 11.7 Å². The van der Waals surface area contributed by atoms with Gasteiger partial charge in [0.1, 0.15) is 0 Å². The van der Waals surface area contributed by atoms with Crippen LogP contribution in [0.3, 0.4) is 0 Å². The topological polar surface area (TPSA) is 49.9 Å². The minimum atomic E-state index is -4.43. The SMILES string of the molecule is COCCN1C(=O)C[C@@H]2[C@H]1CCN2C(=O)c1ccc(C(F)(F)F)cc1. The first-order valence-electron chi connectivity index (χ1n) is 8.09. The molecule has 5 nitrogen and oxygen atoms in total. The van der Waals surface area contributed by atoms with Gasteiger partial charge in [0, 0.05) is 32.2 Å². The van der Waals surface area contributed by atoms with Crippen molar-refractivity contribution < 1.29 is 27.5 Å². The summed E-state index contributed by atoms with van der Waals surface area (Å²) in [5.74, 6) is -0.348. The van der Waals surface area contributed by atoms with E-state index >= 15 is 0 Å². The van der Waals surface area contributed by atoms with E-state index in [9.17, 15) is 22.8 Å². The summed E-state index contributed by atoms with van der Waals surface area (Å²) in [6, 6.07) is 3.94. The van der Waals surface area contributed by atoms with Gasteiger partial charge in [0.05, 0.1) is 24.3 Å². The Bertz CT molecular complexity index is 660. The summed E-state index contributed by atoms with van der Waals surface area (Å²) >= 11 is 0. The summed E-state index contributed by atoms with van der Waals surface area (Å²) in [6.45, 7) is 1.41. The molecule has 8 heteroatoms. The largest absolute Gasteiger partial charge is 0.416 e. The van der Waals surface area contributed by atoms with E-state index in [4.69, 9.17) is 4.74 Å². The molecule has 0 aliphatic carbocycles. The van der Waals surface area contributed by atoms with Crippen LogP contribution >= 0.6 is 0 Å². The number of rotatable bonds is 4. The smallest absolute Gasteiger partial charge is 0.383 e. The fraction of sp³-hybridized carbons (Fsp3) is 0.529. The molecule has 0 unspecified atom stereocenters. The Morgan fingerprint density at radius 3 is 2.52 bits per heavy atom. The van der Waals surface area contributed by atoms with Gasteiger partial charge in [0.2, 0.25) is 5.91 Å². The Morgan fingerprint density at radius 2 is 1.92 bits per heavy atom. The summed E-state index contributed by atoms with van der Waals surface area (Å²) in [6.07, 6.45) is -3.51. The second kappa shape index (κ2) is 6.67. The Kier molecular flexibility index (Phi) is 4.73. The summed E-state index contributed by atoms with van der Waals surface area (Å²) in [4.78, 5) is 28.2. The standard InChI is InChI=1S/C17H19F3N2O3/c1-25-9-8-21-13-6-7-22(14(13)10-15(21)23)16(24)11-2-4-12(5-3-11)17(18,19)20/h2-5,13-14H,6-10H2,1H3/t13-,14-/m1/s1. The lowest BCUT2D eigenvalue weighted by Gasteiger charge is -2.25. The van der Waals surface area contributed by atoms with Crippen LogP contribution in [0.5, 0.6) is 0 Å². The highest BCUT2D eigenvalue weighted by atomic mass is 19.4. The number of alkyl halides is 3. The van der Waals surface area contributed by atoms with Gasteiger partial charge in [-0.1, -0.05) is 0 Å². The molecule has 2 atom stereocenters. The van der Waals surface area contributed by atoms with Gasteiger partial charge in [-0.2, -0.15) is 13.2 Å². The molecule has 2 saturated heterocycles. The van der Waals surface area contributed by atoms with Crippen molar-refractivity contribution in [1.29, 1.82) is 0 Å². The molecule has 136 valence electrons. The monoisotopic (exact) mass is 356 g/mol. The van der Waals surface area contributed by atoms with E-state index in [1.54, 1.807) is 16.9 Å². The van der Waals surface area contributed by atoms with Crippen LogP contribution in [0, 0.1) is 0 Å². The van der Waals surface area contributed by atoms with Crippen LogP contribution in [0.2, 0.25) is 0 Å². The molecule has 1 aromatic carbocycles. The van der Waals surface area contributed by atoms with Crippen LogP contribution in [-0.2, 0) is 15.7 Å². The van der Waals surface area contributed by atoms with Crippen molar-refractivity contribution in [3.05, 3.63) is 35.4 Å². The second-order valence-electron chi connectivity index (χ2n) is 6.28. The highest BCUT2D eigenvalue weighted by molar-refractivity contribution is 5.95. The number of carbonyl (C=O) groups is 2. The fourth-order valence-electron chi connectivity index (χ4n) is 3.63. The van der Waals surface area contributed by atoms with Crippen molar-refractivity contribution in [2.24, 2.45) is 0 Å². The minimum Gasteiger partial charge on any atom is -0.383 e. The molecule has 1 aromatic rings. The number of amides is 2. The van der Waals surface area contributed by atoms with E-state index in [0.717, 1.165) is 12.1 Å². The highest BCUT2D eigenvalue weighted by Crippen LogP contribution is 2.34. The van der Waals surface area contributed by atoms with E-state index in [1.807, 2.05) is 0 Å². The lowest BCUT2D eigenvalue weighted by Crippen LogP contribution is -2.40. The van der Waals surface area contributed by atoms with Gasteiger partial charge in [-0.3, -0.25) is 9.59 Å². The predicted octanol–water partition coefficient (Wildman–Crippen LogP) is 2.17. The molecule has 2 fully saturated rings. The maximum atomic E-state index is 12.7. The normalized spacial score (nSPS) is 23.3. The third-order valence-electron chi connectivity index (χ3n) is 4.87. The second-order valence-corrected chi connectivity index (χ2v) is 6.28. The van der Waals surface area contributed by atoms with Gasteiger partial charge < -0.3 is 14.5 Å². The van der Waals surface area contributed by atoms with Crippen molar-refractivity contribution in [2.75, 3.05) is 26.8 Å². The zero-order valence-electron chi connectivity index (χ0n) is 13.8. The van der Waals surface area contributed by atoms with Crippen LogP contribution in [0.15, 0.2) is 24.3 Å². The average molecular weight is 356 g/mol. The molecule has 25 heavy (non-hydrogen) atoms. The van der Waals surface area contributed by atoms with Crippen LogP contribution in [0.4, 0.5) is 13.2 Å². The predicted molar refractivity (Wildman–Crippen MR) is 82.9 cm³/mol. The van der Waals surface area contributed by atoms with E-state index in [1.165, 1.54) is 12.1 Å². The van der Waals surface area contributed by atoms with Crippen molar-refractivity contribution in [3.63, 3.8) is 0 Å². The van der Waals surface area contributed by atoms with Crippen molar-refractivity contribution in [2.45, 2.75) is 31.1 Å². The lowest BCUT2D eigenvalue weighted by molar-refractivity contribution is -0.137. The first-order valence-corrected chi connectivity index (χ1v) is 8.09. The lowest BCUT2D eigenvalue weighted by atomic mass is 10.1. The van der Waals surface area contributed by atoms with E-state index in [0.29, 0.717) is 26.1 Å². The fourth-order valence-corrected chi connectivity index (χ4v) is 3.63. The van der Waals surface area contributed by atoms with E-state index in [-0.39, 0.29) is 35.9 Å². The number of hydrogen-bond donors (Lipinski definition) is 0. The van der Waals surface area contributed by atoms with Crippen molar-refractivity contribution in [1.82, 2.24) is 9.80 Å². The third-order valence-corrected chi connectivity index (χ3v) is 4.87. The number of carbonyl (C=O) groups excluding carboxylic acids is 2. The molecule has 0 radical (unpaired) electrons. The number of hydrogen-bond acceptors (Lipinski definition) is 3. The molecule has 0 bridgehead atoms. The van der Waals surface area contributed by atoms with Gasteiger partial charge >= 0.3 is 6.18 Å². The van der Waals surface area contributed by atoms with Gasteiger partial charge in [0.25, 0.3) is 5.91 Å². The Hall–Kier alpha value is -2.09. The molecule has 2 heterocycles. The number of likely N-dealkylation sites (tertiary alicyclic amines) is 2. The molecule has 3 rings (SSSR count). The molecular formula is C17H19F3N2O3. The molecule has 0 aromatic heterocycles. The minimum absolute atomic E-state index is 0.0167. The summed E-state index contributed by atoms with van der Waals surface area (Å²) in [5, 5.41) is 0. The maximum Gasteiger partial charge on any atom is 0.416 e. The van der Waals surface area contributed by atoms with E-state index in [2.05, 4.69) is 0 Å². The number of fused-ring (bicyclic) bond motifs is 1.